The molecule has 1 amide bonds. The van der Waals surface area contributed by atoms with Crippen LogP contribution in [0.2, 0.25) is 0 Å². The summed E-state index contributed by atoms with van der Waals surface area (Å²) in [6.45, 7) is 4.08. The molecule has 1 saturated heterocycles. The molecule has 1 fully saturated rings. The Morgan fingerprint density at radius 3 is 2.44 bits per heavy atom. The number of carbonyl (C=O) groups is 1. The van der Waals surface area contributed by atoms with Gasteiger partial charge < -0.3 is 10.2 Å². The van der Waals surface area contributed by atoms with E-state index in [-0.39, 0.29) is 17.5 Å². The van der Waals surface area contributed by atoms with Crippen LogP contribution >= 0.6 is 0 Å². The van der Waals surface area contributed by atoms with E-state index >= 15 is 0 Å². The number of hydrogen-bond acceptors (Lipinski definition) is 2. The average molecular weight is 348 g/mol. The zero-order valence-corrected chi connectivity index (χ0v) is 13.8. The topological polar surface area (TPSA) is 32.3 Å². The Morgan fingerprint density at radius 2 is 1.80 bits per heavy atom. The highest BCUT2D eigenvalue weighted by molar-refractivity contribution is 5.95. The van der Waals surface area contributed by atoms with Gasteiger partial charge in [-0.05, 0) is 36.2 Å². The van der Waals surface area contributed by atoms with Crippen LogP contribution in [0.25, 0.3) is 11.1 Å². The van der Waals surface area contributed by atoms with Crippen LogP contribution in [-0.2, 0) is 6.18 Å². The van der Waals surface area contributed by atoms with Crippen molar-refractivity contribution >= 4 is 5.91 Å². The van der Waals surface area contributed by atoms with E-state index in [0.717, 1.165) is 19.2 Å². The van der Waals surface area contributed by atoms with Gasteiger partial charge in [0.05, 0.1) is 5.56 Å². The molecule has 132 valence electrons. The molecular weight excluding hydrogens is 329 g/mol. The quantitative estimate of drug-likeness (QED) is 0.895. The van der Waals surface area contributed by atoms with Crippen LogP contribution < -0.4 is 5.32 Å². The number of piperazine rings is 1. The fourth-order valence-electron chi connectivity index (χ4n) is 3.08. The van der Waals surface area contributed by atoms with Gasteiger partial charge in [-0.1, -0.05) is 30.3 Å². The number of halogens is 3. The molecule has 1 aliphatic rings. The van der Waals surface area contributed by atoms with Crippen LogP contribution in [-0.4, -0.2) is 36.5 Å². The van der Waals surface area contributed by atoms with E-state index in [1.54, 1.807) is 35.2 Å². The number of benzene rings is 2. The Bertz CT molecular complexity index is 756. The van der Waals surface area contributed by atoms with E-state index in [1.165, 1.54) is 12.1 Å². The summed E-state index contributed by atoms with van der Waals surface area (Å²) in [7, 11) is 0. The lowest BCUT2D eigenvalue weighted by atomic mass is 9.98. The maximum atomic E-state index is 13.2. The Balaban J connectivity index is 1.87. The molecule has 0 saturated carbocycles. The van der Waals surface area contributed by atoms with E-state index < -0.39 is 11.7 Å². The first kappa shape index (κ1) is 17.5. The third-order valence-corrected chi connectivity index (χ3v) is 4.44. The number of amides is 1. The van der Waals surface area contributed by atoms with Crippen LogP contribution in [0.5, 0.6) is 0 Å². The van der Waals surface area contributed by atoms with Gasteiger partial charge in [-0.2, -0.15) is 13.2 Å². The fraction of sp³-hybridized carbons (Fsp3) is 0.316. The first-order valence-electron chi connectivity index (χ1n) is 8.16. The molecule has 2 aromatic rings. The van der Waals surface area contributed by atoms with Crippen LogP contribution in [0.15, 0.2) is 48.5 Å². The molecule has 3 nitrogen and oxygen atoms in total. The number of hydrogen-bond donors (Lipinski definition) is 1. The van der Waals surface area contributed by atoms with Crippen LogP contribution in [0, 0.1) is 0 Å². The number of nitrogens with zero attached hydrogens (tertiary/aromatic N) is 1. The summed E-state index contributed by atoms with van der Waals surface area (Å²) in [6.07, 6.45) is -4.42. The summed E-state index contributed by atoms with van der Waals surface area (Å²) >= 11 is 0. The lowest BCUT2D eigenvalue weighted by molar-refractivity contribution is -0.137. The zero-order valence-electron chi connectivity index (χ0n) is 13.8. The predicted octanol–water partition coefficient (Wildman–Crippen LogP) is 3.81. The minimum Gasteiger partial charge on any atom is -0.333 e. The molecule has 0 spiro atoms. The molecule has 0 radical (unpaired) electrons. The van der Waals surface area contributed by atoms with Crippen molar-refractivity contribution in [2.75, 3.05) is 19.6 Å². The van der Waals surface area contributed by atoms with Gasteiger partial charge in [-0.3, -0.25) is 4.79 Å². The zero-order chi connectivity index (χ0) is 18.0. The molecule has 0 aromatic heterocycles. The van der Waals surface area contributed by atoms with Crippen LogP contribution in [0.4, 0.5) is 13.2 Å². The van der Waals surface area contributed by atoms with E-state index in [9.17, 15) is 18.0 Å². The number of nitrogens with one attached hydrogen (secondary N) is 1. The van der Waals surface area contributed by atoms with Gasteiger partial charge in [0.15, 0.2) is 0 Å². The minimum atomic E-state index is -4.42. The normalized spacial score (nSPS) is 18.2. The second kappa shape index (κ2) is 6.88. The fourth-order valence-corrected chi connectivity index (χ4v) is 3.08. The lowest BCUT2D eigenvalue weighted by Gasteiger charge is -2.34. The molecule has 1 aliphatic heterocycles. The van der Waals surface area contributed by atoms with E-state index in [4.69, 9.17) is 0 Å². The largest absolute Gasteiger partial charge is 0.417 e. The highest BCUT2D eigenvalue weighted by Gasteiger charge is 2.33. The van der Waals surface area contributed by atoms with Gasteiger partial charge in [0, 0.05) is 31.2 Å². The van der Waals surface area contributed by atoms with Crippen molar-refractivity contribution in [2.45, 2.75) is 19.1 Å². The Hall–Kier alpha value is -2.34. The molecule has 1 atom stereocenters. The molecule has 1 N–H and O–H groups in total. The molecule has 6 heteroatoms. The van der Waals surface area contributed by atoms with Gasteiger partial charge in [-0.15, -0.1) is 0 Å². The molecule has 3 rings (SSSR count). The van der Waals surface area contributed by atoms with Crippen molar-refractivity contribution in [1.82, 2.24) is 10.2 Å². The Morgan fingerprint density at radius 1 is 1.12 bits per heavy atom. The summed E-state index contributed by atoms with van der Waals surface area (Å²) < 4.78 is 39.5. The maximum absolute atomic E-state index is 13.2. The van der Waals surface area contributed by atoms with Gasteiger partial charge in [0.25, 0.3) is 5.91 Å². The van der Waals surface area contributed by atoms with Crippen molar-refractivity contribution in [3.05, 3.63) is 59.7 Å². The molecule has 1 heterocycles. The SMILES string of the molecule is CC1CNCCN1C(=O)c1ccc(-c2ccccc2C(F)(F)F)cc1. The third kappa shape index (κ3) is 3.69. The van der Waals surface area contributed by atoms with E-state index in [2.05, 4.69) is 5.32 Å². The smallest absolute Gasteiger partial charge is 0.333 e. The highest BCUT2D eigenvalue weighted by Crippen LogP contribution is 2.36. The summed E-state index contributed by atoms with van der Waals surface area (Å²) in [6, 6.07) is 11.9. The standard InChI is InChI=1S/C19H19F3N2O/c1-13-12-23-10-11-24(13)18(25)15-8-6-14(7-9-15)16-4-2-3-5-17(16)19(20,21)22/h2-9,13,23H,10-12H2,1H3. The molecule has 2 aromatic carbocycles. The Kier molecular flexibility index (Phi) is 4.81. The van der Waals surface area contributed by atoms with Crippen LogP contribution in [0.1, 0.15) is 22.8 Å². The predicted molar refractivity (Wildman–Crippen MR) is 90.2 cm³/mol. The van der Waals surface area contributed by atoms with E-state index in [1.807, 2.05) is 6.92 Å². The van der Waals surface area contributed by atoms with Crippen molar-refractivity contribution in [3.8, 4) is 11.1 Å². The van der Waals surface area contributed by atoms with Gasteiger partial charge >= 0.3 is 6.18 Å². The van der Waals surface area contributed by atoms with Gasteiger partial charge in [-0.25, -0.2) is 0 Å². The highest BCUT2D eigenvalue weighted by atomic mass is 19.4. The van der Waals surface area contributed by atoms with Crippen molar-refractivity contribution < 1.29 is 18.0 Å². The van der Waals surface area contributed by atoms with Gasteiger partial charge in [0.1, 0.15) is 0 Å². The molecule has 25 heavy (non-hydrogen) atoms. The molecular formula is C19H19F3N2O. The Labute approximate surface area is 144 Å². The number of alkyl halides is 3. The number of carbonyl (C=O) groups excluding carboxylic acids is 1. The number of rotatable bonds is 2. The summed E-state index contributed by atoms with van der Waals surface area (Å²) in [4.78, 5) is 14.4. The van der Waals surface area contributed by atoms with Crippen molar-refractivity contribution in [3.63, 3.8) is 0 Å². The first-order valence-corrected chi connectivity index (χ1v) is 8.16. The lowest BCUT2D eigenvalue weighted by Crippen LogP contribution is -2.52. The average Bonchev–Trinajstić information content (AvgIpc) is 2.61. The molecule has 1 unspecified atom stereocenters. The monoisotopic (exact) mass is 348 g/mol. The first-order chi connectivity index (χ1) is 11.9. The second-order valence-electron chi connectivity index (χ2n) is 6.17. The maximum Gasteiger partial charge on any atom is 0.417 e. The van der Waals surface area contributed by atoms with E-state index in [0.29, 0.717) is 17.7 Å². The summed E-state index contributed by atoms with van der Waals surface area (Å²) in [5.41, 5.74) is 0.370. The van der Waals surface area contributed by atoms with Crippen molar-refractivity contribution in [1.29, 1.82) is 0 Å². The van der Waals surface area contributed by atoms with Gasteiger partial charge in [0.2, 0.25) is 0 Å². The summed E-state index contributed by atoms with van der Waals surface area (Å²) in [5.74, 6) is -0.0929. The van der Waals surface area contributed by atoms with Crippen LogP contribution in [0.3, 0.4) is 0 Å². The minimum absolute atomic E-state index is 0.0897. The van der Waals surface area contributed by atoms with Crippen molar-refractivity contribution in [2.24, 2.45) is 0 Å². The molecule has 0 aliphatic carbocycles. The third-order valence-electron chi connectivity index (χ3n) is 4.44. The summed E-state index contributed by atoms with van der Waals surface area (Å²) in [5, 5.41) is 3.22. The second-order valence-corrected chi connectivity index (χ2v) is 6.17. The molecule has 0 bridgehead atoms.